The van der Waals surface area contributed by atoms with E-state index in [-0.39, 0.29) is 0 Å². The molecule has 1 aliphatic carbocycles. The van der Waals surface area contributed by atoms with Crippen molar-refractivity contribution >= 4 is 11.6 Å². The summed E-state index contributed by atoms with van der Waals surface area (Å²) in [6, 6.07) is 0. The zero-order valence-electron chi connectivity index (χ0n) is 8.86. The van der Waals surface area contributed by atoms with Crippen LogP contribution >= 0.6 is 0 Å². The van der Waals surface area contributed by atoms with Gasteiger partial charge in [-0.2, -0.15) is 0 Å². The second-order valence-electron chi connectivity index (χ2n) is 3.80. The predicted octanol–water partition coefficient (Wildman–Crippen LogP) is 1.28. The lowest BCUT2D eigenvalue weighted by Gasteiger charge is -2.10. The second-order valence-corrected chi connectivity index (χ2v) is 3.80. The summed E-state index contributed by atoms with van der Waals surface area (Å²) in [5, 5.41) is 3.22. The van der Waals surface area contributed by atoms with Gasteiger partial charge in [0, 0.05) is 6.54 Å². The zero-order valence-corrected chi connectivity index (χ0v) is 8.86. The van der Waals surface area contributed by atoms with Crippen molar-refractivity contribution in [3.63, 3.8) is 0 Å². The topological polar surface area (TPSA) is 73.1 Å². The summed E-state index contributed by atoms with van der Waals surface area (Å²) >= 11 is 0. The molecule has 0 bridgehead atoms. The van der Waals surface area contributed by atoms with Crippen LogP contribution in [0.15, 0.2) is 6.33 Å². The van der Waals surface area contributed by atoms with Gasteiger partial charge in [-0.15, -0.1) is 0 Å². The largest absolute Gasteiger partial charge is 0.490 e. The Morgan fingerprint density at radius 2 is 2.33 bits per heavy atom. The number of methoxy groups -OCH3 is 1. The maximum Gasteiger partial charge on any atom is 0.203 e. The Morgan fingerprint density at radius 3 is 3.00 bits per heavy atom. The molecule has 82 valence electrons. The van der Waals surface area contributed by atoms with E-state index in [1.165, 1.54) is 25.6 Å². The SMILES string of the molecule is COc1c(N)ncnc1NCCC1CC1. The van der Waals surface area contributed by atoms with Gasteiger partial charge in [-0.3, -0.25) is 0 Å². The van der Waals surface area contributed by atoms with Crippen LogP contribution in [-0.2, 0) is 0 Å². The van der Waals surface area contributed by atoms with Crippen LogP contribution < -0.4 is 15.8 Å². The lowest BCUT2D eigenvalue weighted by molar-refractivity contribution is 0.415. The molecule has 1 aromatic rings. The first-order valence-electron chi connectivity index (χ1n) is 5.19. The first-order chi connectivity index (χ1) is 7.31. The molecule has 0 spiro atoms. The molecule has 0 aliphatic heterocycles. The Hall–Kier alpha value is -1.52. The fourth-order valence-corrected chi connectivity index (χ4v) is 1.52. The van der Waals surface area contributed by atoms with Gasteiger partial charge in [0.05, 0.1) is 7.11 Å². The van der Waals surface area contributed by atoms with Crippen molar-refractivity contribution in [1.82, 2.24) is 9.97 Å². The number of nitrogens with two attached hydrogens (primary N) is 1. The van der Waals surface area contributed by atoms with Crippen LogP contribution in [0.4, 0.5) is 11.6 Å². The Kier molecular flexibility index (Phi) is 2.89. The third kappa shape index (κ3) is 2.49. The number of aromatic nitrogens is 2. The quantitative estimate of drug-likeness (QED) is 0.762. The summed E-state index contributed by atoms with van der Waals surface area (Å²) in [4.78, 5) is 7.97. The van der Waals surface area contributed by atoms with Gasteiger partial charge in [-0.25, -0.2) is 9.97 Å². The molecule has 5 heteroatoms. The maximum absolute atomic E-state index is 5.66. The lowest BCUT2D eigenvalue weighted by Crippen LogP contribution is -2.08. The van der Waals surface area contributed by atoms with Crippen LogP contribution in [-0.4, -0.2) is 23.6 Å². The highest BCUT2D eigenvalue weighted by Crippen LogP contribution is 2.32. The number of ether oxygens (including phenoxy) is 1. The Morgan fingerprint density at radius 1 is 1.53 bits per heavy atom. The molecule has 1 saturated carbocycles. The van der Waals surface area contributed by atoms with Crippen molar-refractivity contribution in [3.8, 4) is 5.75 Å². The van der Waals surface area contributed by atoms with Crippen molar-refractivity contribution in [2.24, 2.45) is 5.92 Å². The molecule has 0 saturated heterocycles. The molecule has 0 unspecified atom stereocenters. The van der Waals surface area contributed by atoms with Crippen molar-refractivity contribution in [1.29, 1.82) is 0 Å². The molecule has 2 rings (SSSR count). The normalized spacial score (nSPS) is 15.0. The average molecular weight is 208 g/mol. The fourth-order valence-electron chi connectivity index (χ4n) is 1.52. The number of hydrogen-bond donors (Lipinski definition) is 2. The molecular weight excluding hydrogens is 192 g/mol. The molecule has 0 radical (unpaired) electrons. The highest BCUT2D eigenvalue weighted by molar-refractivity contribution is 5.61. The van der Waals surface area contributed by atoms with Crippen LogP contribution in [0.1, 0.15) is 19.3 Å². The minimum atomic E-state index is 0.376. The average Bonchev–Trinajstić information content (AvgIpc) is 3.02. The van der Waals surface area contributed by atoms with Crippen molar-refractivity contribution in [2.45, 2.75) is 19.3 Å². The lowest BCUT2D eigenvalue weighted by atomic mass is 10.3. The van der Waals surface area contributed by atoms with Crippen LogP contribution in [0.25, 0.3) is 0 Å². The van der Waals surface area contributed by atoms with Gasteiger partial charge in [0.1, 0.15) is 6.33 Å². The minimum absolute atomic E-state index is 0.376. The summed E-state index contributed by atoms with van der Waals surface area (Å²) in [6.45, 7) is 0.914. The molecule has 1 heterocycles. The van der Waals surface area contributed by atoms with Crippen LogP contribution in [0.2, 0.25) is 0 Å². The van der Waals surface area contributed by atoms with E-state index in [0.29, 0.717) is 17.4 Å². The number of nitrogens with zero attached hydrogens (tertiary/aromatic N) is 2. The second kappa shape index (κ2) is 4.33. The summed E-state index contributed by atoms with van der Waals surface area (Å²) in [6.07, 6.45) is 5.36. The molecule has 0 aromatic carbocycles. The van der Waals surface area contributed by atoms with E-state index in [1.54, 1.807) is 7.11 Å². The van der Waals surface area contributed by atoms with Gasteiger partial charge in [-0.1, -0.05) is 12.8 Å². The van der Waals surface area contributed by atoms with Crippen molar-refractivity contribution < 1.29 is 4.74 Å². The number of rotatable bonds is 5. The molecule has 3 N–H and O–H groups in total. The summed E-state index contributed by atoms with van der Waals surface area (Å²) < 4.78 is 5.14. The Bertz CT molecular complexity index is 338. The molecule has 5 nitrogen and oxygen atoms in total. The van der Waals surface area contributed by atoms with E-state index in [9.17, 15) is 0 Å². The number of nitrogen functional groups attached to an aromatic ring is 1. The monoisotopic (exact) mass is 208 g/mol. The summed E-state index contributed by atoms with van der Waals surface area (Å²) in [5.41, 5.74) is 5.66. The minimum Gasteiger partial charge on any atom is -0.490 e. The fraction of sp³-hybridized carbons (Fsp3) is 0.600. The van der Waals surface area contributed by atoms with Gasteiger partial charge in [0.2, 0.25) is 5.75 Å². The van der Waals surface area contributed by atoms with E-state index >= 15 is 0 Å². The van der Waals surface area contributed by atoms with E-state index in [2.05, 4.69) is 15.3 Å². The molecule has 0 amide bonds. The number of nitrogens with one attached hydrogen (secondary N) is 1. The zero-order chi connectivity index (χ0) is 10.7. The molecular formula is C10H16N4O. The third-order valence-electron chi connectivity index (χ3n) is 2.58. The van der Waals surface area contributed by atoms with Crippen LogP contribution in [0.5, 0.6) is 5.75 Å². The van der Waals surface area contributed by atoms with Gasteiger partial charge in [0.15, 0.2) is 11.6 Å². The van der Waals surface area contributed by atoms with Gasteiger partial charge >= 0.3 is 0 Å². The van der Waals surface area contributed by atoms with Gasteiger partial charge in [-0.05, 0) is 12.3 Å². The summed E-state index contributed by atoms with van der Waals surface area (Å²) in [5.74, 6) is 2.50. The van der Waals surface area contributed by atoms with Gasteiger partial charge in [0.25, 0.3) is 0 Å². The van der Waals surface area contributed by atoms with Crippen molar-refractivity contribution in [2.75, 3.05) is 24.7 Å². The van der Waals surface area contributed by atoms with E-state index in [1.807, 2.05) is 0 Å². The molecule has 0 atom stereocenters. The molecule has 1 fully saturated rings. The Balaban J connectivity index is 1.95. The van der Waals surface area contributed by atoms with E-state index in [4.69, 9.17) is 10.5 Å². The van der Waals surface area contributed by atoms with Crippen LogP contribution in [0.3, 0.4) is 0 Å². The highest BCUT2D eigenvalue weighted by Gasteiger charge is 2.20. The first kappa shape index (κ1) is 10.0. The highest BCUT2D eigenvalue weighted by atomic mass is 16.5. The molecule has 15 heavy (non-hydrogen) atoms. The number of hydrogen-bond acceptors (Lipinski definition) is 5. The van der Waals surface area contributed by atoms with Gasteiger partial charge < -0.3 is 15.8 Å². The Labute approximate surface area is 89.1 Å². The smallest absolute Gasteiger partial charge is 0.203 e. The number of anilines is 2. The first-order valence-corrected chi connectivity index (χ1v) is 5.19. The summed E-state index contributed by atoms with van der Waals surface area (Å²) in [7, 11) is 1.57. The molecule has 1 aromatic heterocycles. The van der Waals surface area contributed by atoms with E-state index in [0.717, 1.165) is 12.5 Å². The maximum atomic E-state index is 5.66. The predicted molar refractivity (Wildman–Crippen MR) is 58.8 cm³/mol. The standard InChI is InChI=1S/C10H16N4O/c1-15-8-9(11)13-6-14-10(8)12-5-4-7-2-3-7/h6-7H,2-5H2,1H3,(H3,11,12,13,14). The van der Waals surface area contributed by atoms with Crippen molar-refractivity contribution in [3.05, 3.63) is 6.33 Å². The van der Waals surface area contributed by atoms with Crippen LogP contribution in [0, 0.1) is 5.92 Å². The molecule has 1 aliphatic rings. The van der Waals surface area contributed by atoms with E-state index < -0.39 is 0 Å². The third-order valence-corrected chi connectivity index (χ3v) is 2.58.